The first-order chi connectivity index (χ1) is 12.1. The van der Waals surface area contributed by atoms with Gasteiger partial charge in [0, 0.05) is 36.8 Å². The van der Waals surface area contributed by atoms with Gasteiger partial charge in [-0.2, -0.15) is 0 Å². The molecule has 6 heteroatoms. The molecule has 0 aromatic heterocycles. The second-order valence-electron chi connectivity index (χ2n) is 5.87. The van der Waals surface area contributed by atoms with Crippen LogP contribution in [0.4, 0.5) is 4.79 Å². The lowest BCUT2D eigenvalue weighted by Crippen LogP contribution is -2.50. The first kappa shape index (κ1) is 17.5. The van der Waals surface area contributed by atoms with E-state index in [0.29, 0.717) is 49.1 Å². The summed E-state index contributed by atoms with van der Waals surface area (Å²) in [5, 5.41) is 0.613. The summed E-state index contributed by atoms with van der Waals surface area (Å²) in [7, 11) is 0. The van der Waals surface area contributed by atoms with Gasteiger partial charge in [0.15, 0.2) is 5.78 Å². The van der Waals surface area contributed by atoms with Crippen molar-refractivity contribution in [2.45, 2.75) is 0 Å². The topological polar surface area (TPSA) is 49.9 Å². The van der Waals surface area contributed by atoms with E-state index in [2.05, 4.69) is 0 Å². The highest BCUT2D eigenvalue weighted by Crippen LogP contribution is 2.13. The average Bonchev–Trinajstić information content (AvgIpc) is 2.63. The van der Waals surface area contributed by atoms with E-state index in [4.69, 9.17) is 16.3 Å². The molecule has 2 aromatic carbocycles. The number of hydrogen-bond acceptors (Lipinski definition) is 4. The van der Waals surface area contributed by atoms with Crippen molar-refractivity contribution in [3.8, 4) is 5.75 Å². The fourth-order valence-electron chi connectivity index (χ4n) is 2.67. The number of rotatable bonds is 4. The summed E-state index contributed by atoms with van der Waals surface area (Å²) in [4.78, 5) is 28.2. The first-order valence-corrected chi connectivity index (χ1v) is 8.52. The standard InChI is InChI=1S/C19H19ClN2O3/c20-16-8-6-15(7-9-16)18(23)14-21-10-12-22(13-11-21)19(24)25-17-4-2-1-3-5-17/h1-9H,10-14H2. The minimum absolute atomic E-state index is 0.0528. The smallest absolute Gasteiger partial charge is 0.410 e. The van der Waals surface area contributed by atoms with Crippen molar-refractivity contribution in [2.75, 3.05) is 32.7 Å². The molecule has 0 bridgehead atoms. The molecule has 1 saturated heterocycles. The normalized spacial score (nSPS) is 15.0. The van der Waals surface area contributed by atoms with Crippen LogP contribution in [0.3, 0.4) is 0 Å². The SMILES string of the molecule is O=C(CN1CCN(C(=O)Oc2ccccc2)CC1)c1ccc(Cl)cc1. The molecule has 5 nitrogen and oxygen atoms in total. The molecule has 0 spiro atoms. The third-order valence-corrected chi connectivity index (χ3v) is 4.36. The van der Waals surface area contributed by atoms with Gasteiger partial charge in [0.25, 0.3) is 0 Å². The molecule has 1 aliphatic heterocycles. The van der Waals surface area contributed by atoms with Crippen LogP contribution in [0, 0.1) is 0 Å². The van der Waals surface area contributed by atoms with Crippen molar-refractivity contribution in [3.05, 3.63) is 65.2 Å². The van der Waals surface area contributed by atoms with Gasteiger partial charge in [0.2, 0.25) is 0 Å². The minimum atomic E-state index is -0.352. The summed E-state index contributed by atoms with van der Waals surface area (Å²) in [6, 6.07) is 15.9. The molecule has 0 radical (unpaired) electrons. The van der Waals surface area contributed by atoms with E-state index in [1.165, 1.54) is 0 Å². The zero-order chi connectivity index (χ0) is 17.6. The summed E-state index contributed by atoms with van der Waals surface area (Å²) in [6.07, 6.45) is -0.352. The van der Waals surface area contributed by atoms with E-state index in [-0.39, 0.29) is 11.9 Å². The first-order valence-electron chi connectivity index (χ1n) is 8.15. The summed E-state index contributed by atoms with van der Waals surface area (Å²) in [6.45, 7) is 2.70. The Hall–Kier alpha value is -2.37. The predicted molar refractivity (Wildman–Crippen MR) is 96.3 cm³/mol. The Kier molecular flexibility index (Phi) is 5.68. The van der Waals surface area contributed by atoms with E-state index in [1.807, 2.05) is 23.1 Å². The second-order valence-corrected chi connectivity index (χ2v) is 6.31. The van der Waals surface area contributed by atoms with Gasteiger partial charge in [-0.15, -0.1) is 0 Å². The molecule has 1 aliphatic rings. The van der Waals surface area contributed by atoms with Gasteiger partial charge in [-0.25, -0.2) is 4.79 Å². The van der Waals surface area contributed by atoms with E-state index in [1.54, 1.807) is 41.3 Å². The van der Waals surface area contributed by atoms with Crippen LogP contribution in [0.2, 0.25) is 5.02 Å². The van der Waals surface area contributed by atoms with Gasteiger partial charge in [-0.1, -0.05) is 29.8 Å². The number of nitrogens with zero attached hydrogens (tertiary/aromatic N) is 2. The molecule has 1 heterocycles. The Morgan fingerprint density at radius 3 is 2.20 bits per heavy atom. The predicted octanol–water partition coefficient (Wildman–Crippen LogP) is 3.34. The van der Waals surface area contributed by atoms with Crippen LogP contribution >= 0.6 is 11.6 Å². The number of hydrogen-bond donors (Lipinski definition) is 0. The molecular formula is C19H19ClN2O3. The van der Waals surface area contributed by atoms with E-state index < -0.39 is 0 Å². The van der Waals surface area contributed by atoms with Gasteiger partial charge in [0.1, 0.15) is 5.75 Å². The van der Waals surface area contributed by atoms with Crippen LogP contribution < -0.4 is 4.74 Å². The largest absolute Gasteiger partial charge is 0.415 e. The number of benzene rings is 2. The Bertz CT molecular complexity index is 726. The number of ketones is 1. The molecule has 3 rings (SSSR count). The maximum absolute atomic E-state index is 12.3. The maximum atomic E-state index is 12.3. The molecule has 1 amide bonds. The van der Waals surface area contributed by atoms with Crippen molar-refractivity contribution < 1.29 is 14.3 Å². The quantitative estimate of drug-likeness (QED) is 0.786. The van der Waals surface area contributed by atoms with Gasteiger partial charge < -0.3 is 9.64 Å². The van der Waals surface area contributed by atoms with Crippen LogP contribution in [-0.2, 0) is 0 Å². The zero-order valence-electron chi connectivity index (χ0n) is 13.7. The average molecular weight is 359 g/mol. The van der Waals surface area contributed by atoms with Crippen LogP contribution in [-0.4, -0.2) is 54.4 Å². The number of carbonyl (C=O) groups is 2. The second kappa shape index (κ2) is 8.14. The Morgan fingerprint density at radius 2 is 1.56 bits per heavy atom. The van der Waals surface area contributed by atoms with Crippen LogP contribution in [0.5, 0.6) is 5.75 Å². The van der Waals surface area contributed by atoms with Crippen LogP contribution in [0.15, 0.2) is 54.6 Å². The lowest BCUT2D eigenvalue weighted by atomic mass is 10.1. The van der Waals surface area contributed by atoms with E-state index in [0.717, 1.165) is 0 Å². The summed E-state index contributed by atoms with van der Waals surface area (Å²) >= 11 is 5.84. The summed E-state index contributed by atoms with van der Waals surface area (Å²) < 4.78 is 5.34. The van der Waals surface area contributed by atoms with Gasteiger partial charge in [-0.3, -0.25) is 9.69 Å². The van der Waals surface area contributed by atoms with Crippen molar-refractivity contribution in [1.82, 2.24) is 9.80 Å². The number of carbonyl (C=O) groups excluding carboxylic acids is 2. The molecule has 1 fully saturated rings. The maximum Gasteiger partial charge on any atom is 0.415 e. The van der Waals surface area contributed by atoms with Crippen LogP contribution in [0.25, 0.3) is 0 Å². The summed E-state index contributed by atoms with van der Waals surface area (Å²) in [5.41, 5.74) is 0.648. The van der Waals surface area contributed by atoms with E-state index in [9.17, 15) is 9.59 Å². The lowest BCUT2D eigenvalue weighted by Gasteiger charge is -2.33. The van der Waals surface area contributed by atoms with Crippen molar-refractivity contribution in [3.63, 3.8) is 0 Å². The van der Waals surface area contributed by atoms with Crippen molar-refractivity contribution in [2.24, 2.45) is 0 Å². The van der Waals surface area contributed by atoms with Crippen molar-refractivity contribution in [1.29, 1.82) is 0 Å². The molecule has 25 heavy (non-hydrogen) atoms. The minimum Gasteiger partial charge on any atom is -0.410 e. The van der Waals surface area contributed by atoms with Gasteiger partial charge in [0.05, 0.1) is 6.54 Å². The number of piperazine rings is 1. The third kappa shape index (κ3) is 4.81. The highest BCUT2D eigenvalue weighted by molar-refractivity contribution is 6.30. The molecule has 2 aromatic rings. The molecule has 0 N–H and O–H groups in total. The molecule has 0 saturated carbocycles. The lowest BCUT2D eigenvalue weighted by molar-refractivity contribution is 0.0845. The summed E-state index contributed by atoms with van der Waals surface area (Å²) in [5.74, 6) is 0.588. The molecule has 0 atom stereocenters. The highest BCUT2D eigenvalue weighted by atomic mass is 35.5. The Labute approximate surface area is 151 Å². The Balaban J connectivity index is 1.47. The molecule has 0 unspecified atom stereocenters. The number of para-hydroxylation sites is 1. The van der Waals surface area contributed by atoms with Gasteiger partial charge in [-0.05, 0) is 36.4 Å². The fourth-order valence-corrected chi connectivity index (χ4v) is 2.80. The number of halogens is 1. The molecular weight excluding hydrogens is 340 g/mol. The molecule has 130 valence electrons. The molecule has 0 aliphatic carbocycles. The Morgan fingerprint density at radius 1 is 0.920 bits per heavy atom. The number of Topliss-reactive ketones (excluding diaryl/α,β-unsaturated/α-hetero) is 1. The highest BCUT2D eigenvalue weighted by Gasteiger charge is 2.24. The van der Waals surface area contributed by atoms with Gasteiger partial charge >= 0.3 is 6.09 Å². The third-order valence-electron chi connectivity index (χ3n) is 4.11. The monoisotopic (exact) mass is 358 g/mol. The number of ether oxygens (including phenoxy) is 1. The van der Waals surface area contributed by atoms with E-state index >= 15 is 0 Å². The fraction of sp³-hybridized carbons (Fsp3) is 0.263. The van der Waals surface area contributed by atoms with Crippen molar-refractivity contribution >= 4 is 23.5 Å². The van der Waals surface area contributed by atoms with Crippen LogP contribution in [0.1, 0.15) is 10.4 Å². The number of amides is 1. The zero-order valence-corrected chi connectivity index (χ0v) is 14.5.